The first-order chi connectivity index (χ1) is 15.6. The van der Waals surface area contributed by atoms with Gasteiger partial charge in [0.2, 0.25) is 5.95 Å². The maximum Gasteiger partial charge on any atom is 0.229 e. The number of ether oxygens (including phenoxy) is 1. The van der Waals surface area contributed by atoms with Gasteiger partial charge in [0.1, 0.15) is 11.4 Å². The molecule has 0 bridgehead atoms. The van der Waals surface area contributed by atoms with Crippen LogP contribution in [0.15, 0.2) is 53.6 Å². The first kappa shape index (κ1) is 20.5. The van der Waals surface area contributed by atoms with Crippen molar-refractivity contribution in [3.05, 3.63) is 48.7 Å². The molecule has 10 heteroatoms. The molecular weight excluding hydrogens is 426 g/mol. The second kappa shape index (κ2) is 8.64. The van der Waals surface area contributed by atoms with Gasteiger partial charge < -0.3 is 25.2 Å². The van der Waals surface area contributed by atoms with Gasteiger partial charge in [-0.05, 0) is 31.3 Å². The van der Waals surface area contributed by atoms with Gasteiger partial charge in [0.05, 0.1) is 29.6 Å². The number of rotatable bonds is 4. The molecule has 3 aromatic rings. The number of nitrogens with one attached hydrogen (secondary N) is 3. The zero-order valence-electron chi connectivity index (χ0n) is 18.0. The fourth-order valence-corrected chi connectivity index (χ4v) is 4.77. The van der Waals surface area contributed by atoms with Crippen LogP contribution in [0, 0.1) is 0 Å². The van der Waals surface area contributed by atoms with Crippen molar-refractivity contribution < 1.29 is 8.95 Å². The summed E-state index contributed by atoms with van der Waals surface area (Å²) in [6.07, 6.45) is 1.62. The molecule has 1 unspecified atom stereocenters. The Hall–Kier alpha value is -3.37. The van der Waals surface area contributed by atoms with Crippen molar-refractivity contribution in [1.82, 2.24) is 14.9 Å². The van der Waals surface area contributed by atoms with Gasteiger partial charge in [-0.3, -0.25) is 4.72 Å². The number of likely N-dealkylation sites (N-methyl/N-ethyl adjacent to an activating group) is 1. The normalized spacial score (nSPS) is 17.9. The monoisotopic (exact) mass is 451 g/mol. The summed E-state index contributed by atoms with van der Waals surface area (Å²) in [5.74, 6) is 1.68. The number of aromatic nitrogens is 2. The number of hydrogen-bond acceptors (Lipinski definition) is 8. The van der Waals surface area contributed by atoms with Gasteiger partial charge in [-0.2, -0.15) is 4.98 Å². The van der Waals surface area contributed by atoms with Crippen LogP contribution in [0.3, 0.4) is 0 Å². The fraction of sp³-hybridized carbons (Fsp3) is 0.273. The van der Waals surface area contributed by atoms with E-state index >= 15 is 0 Å². The number of nitrogens with zero attached hydrogens (tertiary/aromatic N) is 4. The number of anilines is 6. The van der Waals surface area contributed by atoms with Crippen LogP contribution in [0.25, 0.3) is 0 Å². The van der Waals surface area contributed by atoms with E-state index in [1.54, 1.807) is 13.3 Å². The van der Waals surface area contributed by atoms with E-state index in [1.165, 1.54) is 0 Å². The van der Waals surface area contributed by atoms with Crippen LogP contribution in [-0.2, 0) is 11.0 Å². The highest BCUT2D eigenvalue weighted by molar-refractivity contribution is 7.86. The Bertz CT molecular complexity index is 1160. The van der Waals surface area contributed by atoms with Crippen molar-refractivity contribution in [2.45, 2.75) is 4.90 Å². The van der Waals surface area contributed by atoms with Crippen molar-refractivity contribution in [3.8, 4) is 5.75 Å². The fourth-order valence-electron chi connectivity index (χ4n) is 3.79. The van der Waals surface area contributed by atoms with Crippen molar-refractivity contribution in [1.29, 1.82) is 0 Å². The summed E-state index contributed by atoms with van der Waals surface area (Å²) < 4.78 is 21.2. The van der Waals surface area contributed by atoms with Crippen LogP contribution in [0.5, 0.6) is 5.75 Å². The Balaban J connectivity index is 1.39. The number of piperazine rings is 1. The van der Waals surface area contributed by atoms with Crippen molar-refractivity contribution in [2.75, 3.05) is 60.6 Å². The smallest absolute Gasteiger partial charge is 0.229 e. The first-order valence-electron chi connectivity index (χ1n) is 10.4. The number of para-hydroxylation sites is 1. The van der Waals surface area contributed by atoms with Crippen LogP contribution in [0.1, 0.15) is 0 Å². The van der Waals surface area contributed by atoms with Gasteiger partial charge in [0.15, 0.2) is 16.8 Å². The number of hydrogen-bond donors (Lipinski definition) is 3. The number of benzene rings is 2. The molecule has 3 N–H and O–H groups in total. The van der Waals surface area contributed by atoms with Gasteiger partial charge in [-0.1, -0.05) is 12.1 Å². The van der Waals surface area contributed by atoms with Crippen LogP contribution in [0.4, 0.5) is 34.5 Å². The minimum Gasteiger partial charge on any atom is -0.494 e. The topological polar surface area (TPSA) is 94.7 Å². The Morgan fingerprint density at radius 2 is 1.91 bits per heavy atom. The largest absolute Gasteiger partial charge is 0.494 e. The number of fused-ring (bicyclic) bond motifs is 2. The van der Waals surface area contributed by atoms with E-state index in [-0.39, 0.29) is 0 Å². The number of methoxy groups -OCH3 is 1. The zero-order valence-corrected chi connectivity index (χ0v) is 18.8. The maximum absolute atomic E-state index is 12.6. The second-order valence-corrected chi connectivity index (χ2v) is 8.93. The Kier molecular flexibility index (Phi) is 5.54. The summed E-state index contributed by atoms with van der Waals surface area (Å²) in [6.45, 7) is 4.06. The van der Waals surface area contributed by atoms with E-state index in [4.69, 9.17) is 4.74 Å². The molecule has 5 rings (SSSR count). The minimum atomic E-state index is -1.39. The SMILES string of the molecule is COc1cc(N2CCN(C)CC2)ccc1Nc1ncc2c(n1)Nc1ccccc1S(=O)N2. The van der Waals surface area contributed by atoms with Gasteiger partial charge >= 0.3 is 0 Å². The highest BCUT2D eigenvalue weighted by Gasteiger charge is 2.20. The average molecular weight is 452 g/mol. The molecule has 1 aromatic heterocycles. The predicted molar refractivity (Wildman–Crippen MR) is 128 cm³/mol. The lowest BCUT2D eigenvalue weighted by Crippen LogP contribution is -2.44. The van der Waals surface area contributed by atoms with Gasteiger partial charge in [0, 0.05) is 37.9 Å². The van der Waals surface area contributed by atoms with Crippen molar-refractivity contribution >= 4 is 45.5 Å². The van der Waals surface area contributed by atoms with Gasteiger partial charge in [-0.25, -0.2) is 9.19 Å². The molecule has 1 atom stereocenters. The average Bonchev–Trinajstić information content (AvgIpc) is 2.95. The van der Waals surface area contributed by atoms with Crippen LogP contribution < -0.4 is 25.0 Å². The molecule has 32 heavy (non-hydrogen) atoms. The predicted octanol–water partition coefficient (Wildman–Crippen LogP) is 3.17. The highest BCUT2D eigenvalue weighted by atomic mass is 32.2. The molecule has 166 valence electrons. The van der Waals surface area contributed by atoms with E-state index in [2.05, 4.69) is 48.2 Å². The summed E-state index contributed by atoms with van der Waals surface area (Å²) >= 11 is 0. The van der Waals surface area contributed by atoms with E-state index in [0.717, 1.165) is 49.0 Å². The summed E-state index contributed by atoms with van der Waals surface area (Å²) in [7, 11) is 2.41. The van der Waals surface area contributed by atoms with Gasteiger partial charge in [-0.15, -0.1) is 0 Å². The molecule has 2 aliphatic heterocycles. The molecule has 1 saturated heterocycles. The summed E-state index contributed by atoms with van der Waals surface area (Å²) in [6, 6.07) is 13.5. The minimum absolute atomic E-state index is 0.411. The van der Waals surface area contributed by atoms with E-state index in [9.17, 15) is 4.21 Å². The third-order valence-electron chi connectivity index (χ3n) is 5.63. The van der Waals surface area contributed by atoms with Crippen molar-refractivity contribution in [2.24, 2.45) is 0 Å². The molecular formula is C22H25N7O2S. The second-order valence-electron chi connectivity index (χ2n) is 7.75. The Morgan fingerprint density at radius 1 is 1.09 bits per heavy atom. The summed E-state index contributed by atoms with van der Waals surface area (Å²) in [5.41, 5.74) is 3.22. The molecule has 9 nitrogen and oxygen atoms in total. The lowest BCUT2D eigenvalue weighted by Gasteiger charge is -2.34. The molecule has 2 aromatic carbocycles. The van der Waals surface area contributed by atoms with Crippen LogP contribution >= 0.6 is 0 Å². The summed E-state index contributed by atoms with van der Waals surface area (Å²) in [5, 5.41) is 6.50. The molecule has 2 aliphatic rings. The zero-order chi connectivity index (χ0) is 22.1. The van der Waals surface area contributed by atoms with E-state index in [0.29, 0.717) is 22.3 Å². The van der Waals surface area contributed by atoms with E-state index < -0.39 is 11.0 Å². The highest BCUT2D eigenvalue weighted by Crippen LogP contribution is 2.35. The van der Waals surface area contributed by atoms with Crippen LogP contribution in [0.2, 0.25) is 0 Å². The quantitative estimate of drug-likeness (QED) is 0.557. The van der Waals surface area contributed by atoms with E-state index in [1.807, 2.05) is 36.4 Å². The molecule has 0 amide bonds. The lowest BCUT2D eigenvalue weighted by atomic mass is 10.2. The molecule has 3 heterocycles. The third-order valence-corrected chi connectivity index (χ3v) is 6.79. The molecule has 0 saturated carbocycles. The first-order valence-corrected chi connectivity index (χ1v) is 11.6. The summed E-state index contributed by atoms with van der Waals surface area (Å²) in [4.78, 5) is 14.3. The third kappa shape index (κ3) is 4.06. The standard InChI is InChI=1S/C22H25N7O2S/c1-28-9-11-29(12-10-28)15-7-8-16(19(13-15)31-2)25-22-23-14-18-21(26-22)24-17-5-3-4-6-20(17)32(30)27-18/h3-8,13-14,27H,9-12H2,1-2H3,(H2,23,24,25,26). The Labute approximate surface area is 189 Å². The molecule has 1 fully saturated rings. The molecule has 0 aliphatic carbocycles. The lowest BCUT2D eigenvalue weighted by molar-refractivity contribution is 0.312. The Morgan fingerprint density at radius 3 is 2.72 bits per heavy atom. The van der Waals surface area contributed by atoms with Gasteiger partial charge in [0.25, 0.3) is 0 Å². The molecule has 0 radical (unpaired) electrons. The van der Waals surface area contributed by atoms with Crippen LogP contribution in [-0.4, -0.2) is 59.4 Å². The van der Waals surface area contributed by atoms with Crippen molar-refractivity contribution in [3.63, 3.8) is 0 Å². The maximum atomic E-state index is 12.6. The molecule has 0 spiro atoms.